The molecule has 3 rings (SSSR count). The van der Waals surface area contributed by atoms with Gasteiger partial charge in [0.05, 0.1) is 12.0 Å². The van der Waals surface area contributed by atoms with Gasteiger partial charge in [0.1, 0.15) is 35.6 Å². The van der Waals surface area contributed by atoms with Crippen molar-refractivity contribution in [3.05, 3.63) is 53.0 Å². The van der Waals surface area contributed by atoms with Crippen LogP contribution >= 0.6 is 0 Å². The zero-order valence-electron chi connectivity index (χ0n) is 15.4. The first-order chi connectivity index (χ1) is 13.2. The second kappa shape index (κ2) is 7.47. The molecule has 0 fully saturated rings. The van der Waals surface area contributed by atoms with E-state index < -0.39 is 28.0 Å². The zero-order valence-corrected chi connectivity index (χ0v) is 16.2. The summed E-state index contributed by atoms with van der Waals surface area (Å²) in [5.74, 6) is -0.515. The van der Waals surface area contributed by atoms with E-state index in [1.54, 1.807) is 25.1 Å². The highest BCUT2D eigenvalue weighted by atomic mass is 32.2. The van der Waals surface area contributed by atoms with Crippen LogP contribution in [0.3, 0.4) is 0 Å². The van der Waals surface area contributed by atoms with Crippen molar-refractivity contribution in [1.29, 1.82) is 0 Å². The molecule has 0 aliphatic carbocycles. The molecular formula is C18H18N2O7S. The molecule has 0 amide bonds. The van der Waals surface area contributed by atoms with Gasteiger partial charge in [0.15, 0.2) is 0 Å². The van der Waals surface area contributed by atoms with E-state index in [-0.39, 0.29) is 28.7 Å². The number of rotatable bonds is 5. The van der Waals surface area contributed by atoms with Crippen molar-refractivity contribution in [2.75, 3.05) is 7.11 Å². The third kappa shape index (κ3) is 3.77. The van der Waals surface area contributed by atoms with E-state index in [9.17, 15) is 18.0 Å². The lowest BCUT2D eigenvalue weighted by Crippen LogP contribution is -2.26. The average Bonchev–Trinajstić information content (AvgIpc) is 3.16. The summed E-state index contributed by atoms with van der Waals surface area (Å²) in [5, 5.41) is 0. The monoisotopic (exact) mass is 406 g/mol. The minimum absolute atomic E-state index is 0.0851. The van der Waals surface area contributed by atoms with Crippen LogP contribution in [0.15, 0.2) is 44.6 Å². The lowest BCUT2D eigenvalue weighted by Gasteiger charge is -2.08. The molecule has 9 nitrogen and oxygen atoms in total. The number of nitrogens with zero attached hydrogens (tertiary/aromatic N) is 1. The zero-order chi connectivity index (χ0) is 20.5. The Kier molecular flexibility index (Phi) is 5.23. The van der Waals surface area contributed by atoms with Gasteiger partial charge in [0.25, 0.3) is 10.0 Å². The fourth-order valence-corrected chi connectivity index (χ4v) is 3.91. The lowest BCUT2D eigenvalue weighted by atomic mass is 10.2. The second-order valence-corrected chi connectivity index (χ2v) is 7.69. The van der Waals surface area contributed by atoms with Crippen LogP contribution in [0.2, 0.25) is 0 Å². The van der Waals surface area contributed by atoms with Gasteiger partial charge in [-0.25, -0.2) is 18.0 Å². The van der Waals surface area contributed by atoms with Crippen LogP contribution in [0.25, 0.3) is 0 Å². The maximum atomic E-state index is 12.2. The second-order valence-electron chi connectivity index (χ2n) is 6.04. The van der Waals surface area contributed by atoms with Crippen LogP contribution in [-0.4, -0.2) is 39.3 Å². The molecule has 0 spiro atoms. The van der Waals surface area contributed by atoms with Crippen molar-refractivity contribution < 1.29 is 31.9 Å². The Labute approximate surface area is 161 Å². The summed E-state index contributed by atoms with van der Waals surface area (Å²) >= 11 is 0. The summed E-state index contributed by atoms with van der Waals surface area (Å²) in [7, 11) is -2.43. The number of fused-ring (bicyclic) bond motifs is 1. The van der Waals surface area contributed by atoms with Gasteiger partial charge in [0, 0.05) is 5.56 Å². The first kappa shape index (κ1) is 19.6. The molecule has 1 aliphatic rings. The molecule has 28 heavy (non-hydrogen) atoms. The molecule has 2 aromatic rings. The Balaban J connectivity index is 1.69. The molecule has 1 aromatic heterocycles. The minimum atomic E-state index is -3.69. The molecule has 0 saturated carbocycles. The van der Waals surface area contributed by atoms with Gasteiger partial charge in [-0.1, -0.05) is 12.1 Å². The highest BCUT2D eigenvalue weighted by Crippen LogP contribution is 2.23. The van der Waals surface area contributed by atoms with E-state index in [0.717, 1.165) is 0 Å². The Morgan fingerprint density at radius 2 is 2.00 bits per heavy atom. The summed E-state index contributed by atoms with van der Waals surface area (Å²) in [6.07, 6.45) is 0. The molecule has 10 heteroatoms. The lowest BCUT2D eigenvalue weighted by molar-refractivity contribution is -0.146. The van der Waals surface area contributed by atoms with Crippen LogP contribution in [0.4, 0.5) is 0 Å². The molecule has 1 N–H and O–H groups in total. The maximum absolute atomic E-state index is 12.2. The molecular weight excluding hydrogens is 388 g/mol. The number of amidine groups is 1. The SMILES string of the molecule is COC(=O)c1cc(COC(=O)[C@H](C)N=C2NS(=O)(=O)c3ccccc32)oc1C. The minimum Gasteiger partial charge on any atom is -0.465 e. The van der Waals surface area contributed by atoms with Gasteiger partial charge < -0.3 is 13.9 Å². The van der Waals surface area contributed by atoms with Crippen molar-refractivity contribution in [3.63, 3.8) is 0 Å². The predicted molar refractivity (Wildman–Crippen MR) is 97.3 cm³/mol. The largest absolute Gasteiger partial charge is 0.465 e. The number of carbonyl (C=O) groups is 2. The Morgan fingerprint density at radius 1 is 1.29 bits per heavy atom. The molecule has 0 bridgehead atoms. The number of aliphatic imine (C=N–C) groups is 1. The topological polar surface area (TPSA) is 124 Å². The normalized spacial score (nSPS) is 16.9. The third-order valence-corrected chi connectivity index (χ3v) is 5.45. The van der Waals surface area contributed by atoms with E-state index in [1.807, 2.05) is 0 Å². The van der Waals surface area contributed by atoms with E-state index >= 15 is 0 Å². The van der Waals surface area contributed by atoms with Crippen LogP contribution < -0.4 is 4.72 Å². The molecule has 1 aliphatic heterocycles. The van der Waals surface area contributed by atoms with E-state index in [1.165, 1.54) is 26.2 Å². The number of esters is 2. The van der Waals surface area contributed by atoms with Gasteiger partial charge >= 0.3 is 11.9 Å². The number of carbonyl (C=O) groups excluding carboxylic acids is 2. The van der Waals surface area contributed by atoms with Crippen molar-refractivity contribution >= 4 is 27.8 Å². The molecule has 2 heterocycles. The first-order valence-corrected chi connectivity index (χ1v) is 9.75. The smallest absolute Gasteiger partial charge is 0.341 e. The predicted octanol–water partition coefficient (Wildman–Crippen LogP) is 1.55. The summed E-state index contributed by atoms with van der Waals surface area (Å²) in [4.78, 5) is 28.0. The van der Waals surface area contributed by atoms with Crippen molar-refractivity contribution in [3.8, 4) is 0 Å². The highest BCUT2D eigenvalue weighted by Gasteiger charge is 2.31. The number of hydrogen-bond donors (Lipinski definition) is 1. The number of sulfonamides is 1. The fraction of sp³-hybridized carbons (Fsp3) is 0.278. The summed E-state index contributed by atoms with van der Waals surface area (Å²) < 4.78 is 41.6. The molecule has 1 atom stereocenters. The molecule has 0 radical (unpaired) electrons. The van der Waals surface area contributed by atoms with E-state index in [0.29, 0.717) is 11.3 Å². The number of benzene rings is 1. The average molecular weight is 406 g/mol. The Hall–Kier alpha value is -3.14. The Bertz CT molecular complexity index is 1070. The van der Waals surface area contributed by atoms with Gasteiger partial charge in [-0.2, -0.15) is 0 Å². The quantitative estimate of drug-likeness (QED) is 0.747. The number of methoxy groups -OCH3 is 1. The van der Waals surface area contributed by atoms with Crippen LogP contribution in [0, 0.1) is 6.92 Å². The van der Waals surface area contributed by atoms with Crippen molar-refractivity contribution in [2.24, 2.45) is 4.99 Å². The third-order valence-electron chi connectivity index (χ3n) is 4.06. The van der Waals surface area contributed by atoms with Gasteiger partial charge in [-0.05, 0) is 32.0 Å². The van der Waals surface area contributed by atoms with Crippen LogP contribution in [0.5, 0.6) is 0 Å². The number of aryl methyl sites for hydroxylation is 1. The molecule has 148 valence electrons. The molecule has 0 saturated heterocycles. The molecule has 0 unspecified atom stereocenters. The van der Waals surface area contributed by atoms with E-state index in [4.69, 9.17) is 9.15 Å². The summed E-state index contributed by atoms with van der Waals surface area (Å²) in [6, 6.07) is 6.82. The summed E-state index contributed by atoms with van der Waals surface area (Å²) in [5.41, 5.74) is 0.644. The number of furan rings is 1. The van der Waals surface area contributed by atoms with Gasteiger partial charge in [-0.3, -0.25) is 9.71 Å². The number of hydrogen-bond acceptors (Lipinski definition) is 8. The van der Waals surface area contributed by atoms with Gasteiger partial charge in [0.2, 0.25) is 0 Å². The maximum Gasteiger partial charge on any atom is 0.341 e. The summed E-state index contributed by atoms with van der Waals surface area (Å²) in [6.45, 7) is 2.88. The number of ether oxygens (including phenoxy) is 2. The Morgan fingerprint density at radius 3 is 2.71 bits per heavy atom. The van der Waals surface area contributed by atoms with E-state index in [2.05, 4.69) is 14.5 Å². The fourth-order valence-electron chi connectivity index (χ4n) is 2.67. The molecule has 1 aromatic carbocycles. The van der Waals surface area contributed by atoms with Crippen molar-refractivity contribution in [1.82, 2.24) is 4.72 Å². The standard InChI is InChI=1S/C18H18N2O7S/c1-10(19-16-13-6-4-5-7-15(13)28(23,24)20-16)17(21)26-9-12-8-14(11(2)27-12)18(22)25-3/h4-8,10H,9H2,1-3H3,(H,19,20)/t10-/m0/s1. The first-order valence-electron chi connectivity index (χ1n) is 8.27. The highest BCUT2D eigenvalue weighted by molar-refractivity contribution is 7.90. The van der Waals surface area contributed by atoms with Crippen LogP contribution in [-0.2, 0) is 30.9 Å². The number of nitrogens with one attached hydrogen (secondary N) is 1. The van der Waals surface area contributed by atoms with Crippen LogP contribution in [0.1, 0.15) is 34.4 Å². The van der Waals surface area contributed by atoms with Crippen molar-refractivity contribution in [2.45, 2.75) is 31.4 Å². The van der Waals surface area contributed by atoms with Gasteiger partial charge in [-0.15, -0.1) is 0 Å².